The zero-order chi connectivity index (χ0) is 29.6. The van der Waals surface area contributed by atoms with Crippen LogP contribution in [0.5, 0.6) is 17.2 Å². The number of hydrogen-bond acceptors (Lipinski definition) is 7. The van der Waals surface area contributed by atoms with E-state index in [0.29, 0.717) is 23.7 Å². The molecular weight excluding hydrogens is 530 g/mol. The molecule has 0 spiro atoms. The van der Waals surface area contributed by atoms with Crippen LogP contribution in [0.25, 0.3) is 0 Å². The molecule has 0 aromatic heterocycles. The van der Waals surface area contributed by atoms with Crippen molar-refractivity contribution in [3.63, 3.8) is 0 Å². The highest BCUT2D eigenvalue weighted by Crippen LogP contribution is 2.27. The molecule has 0 fully saturated rings. The molecule has 0 saturated carbocycles. The standard InChI is InChI=1S/C35H35NO6/c1-2-3-4-5-6-16-23-36-26-24-30(33(37)40-27-17-10-7-11-18-27)32(35(39)42-29-21-14-9-15-22-29)31(25-26)34(38)41-28-19-12-8-13-20-28/h7-15,17-22,24-25,36H,2-6,16,23H2,1H3. The van der Waals surface area contributed by atoms with Crippen molar-refractivity contribution in [2.75, 3.05) is 11.9 Å². The minimum atomic E-state index is -0.885. The maximum Gasteiger partial charge on any atom is 0.345 e. The number of esters is 3. The van der Waals surface area contributed by atoms with Crippen molar-refractivity contribution in [2.45, 2.75) is 45.4 Å². The number of para-hydroxylation sites is 3. The van der Waals surface area contributed by atoms with E-state index in [0.717, 1.165) is 19.3 Å². The first kappa shape index (κ1) is 30.1. The third-order valence-corrected chi connectivity index (χ3v) is 6.50. The summed E-state index contributed by atoms with van der Waals surface area (Å²) in [6.07, 6.45) is 6.70. The van der Waals surface area contributed by atoms with Gasteiger partial charge in [-0.25, -0.2) is 14.4 Å². The van der Waals surface area contributed by atoms with E-state index in [1.54, 1.807) is 91.0 Å². The average molecular weight is 566 g/mol. The smallest absolute Gasteiger partial charge is 0.345 e. The Kier molecular flexibility index (Phi) is 11.3. The number of nitrogens with one attached hydrogen (secondary N) is 1. The van der Waals surface area contributed by atoms with Crippen LogP contribution < -0.4 is 19.5 Å². The molecular formula is C35H35NO6. The van der Waals surface area contributed by atoms with Crippen LogP contribution >= 0.6 is 0 Å². The summed E-state index contributed by atoms with van der Waals surface area (Å²) < 4.78 is 16.8. The summed E-state index contributed by atoms with van der Waals surface area (Å²) in [6.45, 7) is 2.81. The largest absolute Gasteiger partial charge is 0.423 e. The normalized spacial score (nSPS) is 10.5. The number of ether oxygens (including phenoxy) is 3. The molecule has 0 aliphatic heterocycles. The second kappa shape index (κ2) is 15.8. The zero-order valence-corrected chi connectivity index (χ0v) is 23.7. The molecule has 7 nitrogen and oxygen atoms in total. The Morgan fingerprint density at radius 3 is 1.40 bits per heavy atom. The van der Waals surface area contributed by atoms with E-state index in [-0.39, 0.29) is 22.4 Å². The monoisotopic (exact) mass is 565 g/mol. The van der Waals surface area contributed by atoms with E-state index in [4.69, 9.17) is 14.2 Å². The molecule has 0 saturated heterocycles. The van der Waals surface area contributed by atoms with Crippen LogP contribution in [-0.4, -0.2) is 24.5 Å². The summed E-state index contributed by atoms with van der Waals surface area (Å²) in [5.74, 6) is -1.65. The van der Waals surface area contributed by atoms with E-state index in [1.807, 2.05) is 0 Å². The predicted molar refractivity (Wildman–Crippen MR) is 163 cm³/mol. The topological polar surface area (TPSA) is 90.9 Å². The Morgan fingerprint density at radius 1 is 0.548 bits per heavy atom. The average Bonchev–Trinajstić information content (AvgIpc) is 3.01. The van der Waals surface area contributed by atoms with Gasteiger partial charge in [-0.2, -0.15) is 0 Å². The third kappa shape index (κ3) is 8.80. The summed E-state index contributed by atoms with van der Waals surface area (Å²) in [5, 5.41) is 3.30. The molecule has 1 N–H and O–H groups in total. The minimum absolute atomic E-state index is 0.118. The van der Waals surface area contributed by atoms with E-state index >= 15 is 0 Å². The maximum absolute atomic E-state index is 13.6. The van der Waals surface area contributed by atoms with Crippen molar-refractivity contribution in [2.24, 2.45) is 0 Å². The second-order valence-electron chi connectivity index (χ2n) is 9.75. The number of carbonyl (C=O) groups is 3. The first-order chi connectivity index (χ1) is 20.5. The van der Waals surface area contributed by atoms with Crippen LogP contribution in [0.2, 0.25) is 0 Å². The molecule has 0 amide bonds. The Labute approximate surface area is 246 Å². The van der Waals surface area contributed by atoms with Gasteiger partial charge in [-0.05, 0) is 55.0 Å². The van der Waals surface area contributed by atoms with Gasteiger partial charge in [0.2, 0.25) is 0 Å². The summed E-state index contributed by atoms with van der Waals surface area (Å²) in [7, 11) is 0. The van der Waals surface area contributed by atoms with Crippen molar-refractivity contribution in [1.29, 1.82) is 0 Å². The second-order valence-corrected chi connectivity index (χ2v) is 9.75. The molecule has 0 heterocycles. The van der Waals surface area contributed by atoms with Crippen molar-refractivity contribution < 1.29 is 28.6 Å². The van der Waals surface area contributed by atoms with Gasteiger partial charge in [0.05, 0.1) is 16.7 Å². The number of benzene rings is 4. The lowest BCUT2D eigenvalue weighted by atomic mass is 9.99. The van der Waals surface area contributed by atoms with Crippen LogP contribution in [0.3, 0.4) is 0 Å². The molecule has 7 heteroatoms. The van der Waals surface area contributed by atoms with E-state index < -0.39 is 17.9 Å². The van der Waals surface area contributed by atoms with E-state index in [2.05, 4.69) is 12.2 Å². The first-order valence-corrected chi connectivity index (χ1v) is 14.3. The molecule has 0 aliphatic rings. The Balaban J connectivity index is 1.70. The van der Waals surface area contributed by atoms with Crippen molar-refractivity contribution >= 4 is 23.6 Å². The molecule has 0 unspecified atom stereocenters. The molecule has 0 atom stereocenters. The van der Waals surface area contributed by atoms with Crippen LogP contribution in [-0.2, 0) is 0 Å². The molecule has 0 bridgehead atoms. The van der Waals surface area contributed by atoms with Gasteiger partial charge in [0.15, 0.2) is 0 Å². The fourth-order valence-corrected chi connectivity index (χ4v) is 4.37. The van der Waals surface area contributed by atoms with Gasteiger partial charge in [0.25, 0.3) is 0 Å². The highest BCUT2D eigenvalue weighted by Gasteiger charge is 2.30. The van der Waals surface area contributed by atoms with Crippen molar-refractivity contribution in [1.82, 2.24) is 0 Å². The number of anilines is 1. The van der Waals surface area contributed by atoms with Gasteiger partial charge >= 0.3 is 17.9 Å². The quantitative estimate of drug-likeness (QED) is 0.0938. The predicted octanol–water partition coefficient (Wildman–Crippen LogP) is 8.12. The fraction of sp³-hybridized carbons (Fsp3) is 0.229. The fourth-order valence-electron chi connectivity index (χ4n) is 4.37. The molecule has 4 aromatic rings. The van der Waals surface area contributed by atoms with Crippen molar-refractivity contribution in [3.8, 4) is 17.2 Å². The summed E-state index contributed by atoms with van der Waals surface area (Å²) in [4.78, 5) is 40.7. The lowest BCUT2D eigenvalue weighted by Gasteiger charge is -2.16. The number of carbonyl (C=O) groups excluding carboxylic acids is 3. The molecule has 4 aromatic carbocycles. The van der Waals surface area contributed by atoms with Crippen LogP contribution in [0.15, 0.2) is 103 Å². The van der Waals surface area contributed by atoms with E-state index in [9.17, 15) is 14.4 Å². The highest BCUT2D eigenvalue weighted by atomic mass is 16.5. The number of unbranched alkanes of at least 4 members (excludes halogenated alkanes) is 5. The highest BCUT2D eigenvalue weighted by molar-refractivity contribution is 6.12. The van der Waals surface area contributed by atoms with E-state index in [1.165, 1.54) is 31.4 Å². The van der Waals surface area contributed by atoms with Gasteiger partial charge in [-0.15, -0.1) is 0 Å². The lowest BCUT2D eigenvalue weighted by molar-refractivity contribution is 0.0674. The Bertz CT molecular complexity index is 1380. The van der Waals surface area contributed by atoms with Gasteiger partial charge in [-0.3, -0.25) is 0 Å². The summed E-state index contributed by atoms with van der Waals surface area (Å²) in [6, 6.07) is 28.5. The third-order valence-electron chi connectivity index (χ3n) is 6.50. The van der Waals surface area contributed by atoms with Gasteiger partial charge in [0.1, 0.15) is 17.2 Å². The molecule has 216 valence electrons. The Hall–Kier alpha value is -4.91. The van der Waals surface area contributed by atoms with Crippen LogP contribution in [0.4, 0.5) is 5.69 Å². The number of hydrogen-bond donors (Lipinski definition) is 1. The molecule has 42 heavy (non-hydrogen) atoms. The van der Waals surface area contributed by atoms with Gasteiger partial charge < -0.3 is 19.5 Å². The summed E-state index contributed by atoms with van der Waals surface area (Å²) in [5.41, 5.74) is 0.00570. The zero-order valence-electron chi connectivity index (χ0n) is 23.7. The van der Waals surface area contributed by atoms with Crippen LogP contribution in [0, 0.1) is 0 Å². The maximum atomic E-state index is 13.6. The van der Waals surface area contributed by atoms with Crippen molar-refractivity contribution in [3.05, 3.63) is 120 Å². The molecule has 0 aliphatic carbocycles. The molecule has 4 rings (SSSR count). The summed E-state index contributed by atoms with van der Waals surface area (Å²) >= 11 is 0. The number of rotatable bonds is 14. The van der Waals surface area contributed by atoms with Crippen LogP contribution in [0.1, 0.15) is 76.5 Å². The minimum Gasteiger partial charge on any atom is -0.423 e. The SMILES string of the molecule is CCCCCCCCNc1cc(C(=O)Oc2ccccc2)c(C(=O)Oc2ccccc2)c(C(=O)Oc2ccccc2)c1. The molecule has 0 radical (unpaired) electrons. The first-order valence-electron chi connectivity index (χ1n) is 14.3. The van der Waals surface area contributed by atoms with Gasteiger partial charge in [-0.1, -0.05) is 93.6 Å². The lowest BCUT2D eigenvalue weighted by Crippen LogP contribution is -2.24. The van der Waals surface area contributed by atoms with Gasteiger partial charge in [0, 0.05) is 12.2 Å². The Morgan fingerprint density at radius 2 is 0.952 bits per heavy atom.